The summed E-state index contributed by atoms with van der Waals surface area (Å²) in [6, 6.07) is 0. The van der Waals surface area contributed by atoms with Crippen LogP contribution >= 0.6 is 0 Å². The summed E-state index contributed by atoms with van der Waals surface area (Å²) >= 11 is 0. The van der Waals surface area contributed by atoms with Gasteiger partial charge in [0.1, 0.15) is 24.4 Å². The monoisotopic (exact) mass is 474 g/mol. The predicted octanol–water partition coefficient (Wildman–Crippen LogP) is 3.17. The molecule has 0 aliphatic carbocycles. The molecule has 192 valence electrons. The Morgan fingerprint density at radius 1 is 0.667 bits per heavy atom. The second kappa shape index (κ2) is 13.5. The predicted molar refractivity (Wildman–Crippen MR) is 123 cm³/mol. The van der Waals surface area contributed by atoms with Gasteiger partial charge in [0.2, 0.25) is 0 Å². The molecule has 1 atom stereocenters. The molecule has 0 rings (SSSR count). The van der Waals surface area contributed by atoms with Crippen LogP contribution in [0, 0.1) is 0 Å². The molecule has 0 N–H and O–H groups in total. The summed E-state index contributed by atoms with van der Waals surface area (Å²) in [5.41, 5.74) is -1.13. The number of esters is 4. The molecule has 0 aromatic heterocycles. The zero-order valence-electron chi connectivity index (χ0n) is 21.9. The Morgan fingerprint density at radius 2 is 1.06 bits per heavy atom. The molecular weight excluding hydrogens is 430 g/mol. The number of rotatable bonds is 13. The van der Waals surface area contributed by atoms with Crippen molar-refractivity contribution in [3.05, 3.63) is 0 Å². The van der Waals surface area contributed by atoms with Crippen molar-refractivity contribution >= 4 is 23.9 Å². The SMILES string of the molecule is CC(C)(C)OC(=O)CCCC(=O)OCC(C[N+](C)(C)C)OC(=O)CCCC(=O)OC(C)(C)C. The Labute approximate surface area is 198 Å². The van der Waals surface area contributed by atoms with Gasteiger partial charge in [-0.1, -0.05) is 0 Å². The lowest BCUT2D eigenvalue weighted by Crippen LogP contribution is -2.45. The number of carbonyl (C=O) groups is 4. The third-order valence-corrected chi connectivity index (χ3v) is 3.84. The Bertz CT molecular complexity index is 653. The van der Waals surface area contributed by atoms with Crippen molar-refractivity contribution in [2.75, 3.05) is 34.3 Å². The van der Waals surface area contributed by atoms with E-state index < -0.39 is 29.2 Å². The molecule has 0 saturated carbocycles. The van der Waals surface area contributed by atoms with Crippen LogP contribution in [0.4, 0.5) is 0 Å². The molecule has 0 aliphatic rings. The molecule has 0 aromatic carbocycles. The number of likely N-dealkylation sites (N-methyl/N-ethyl adjacent to an activating group) is 1. The molecule has 0 radical (unpaired) electrons. The molecule has 9 nitrogen and oxygen atoms in total. The van der Waals surface area contributed by atoms with Crippen molar-refractivity contribution in [2.45, 2.75) is 97.4 Å². The zero-order valence-corrected chi connectivity index (χ0v) is 21.9. The van der Waals surface area contributed by atoms with Crippen molar-refractivity contribution in [1.82, 2.24) is 0 Å². The first-order valence-corrected chi connectivity index (χ1v) is 11.5. The minimum Gasteiger partial charge on any atom is -0.461 e. The molecule has 0 saturated heterocycles. The summed E-state index contributed by atoms with van der Waals surface area (Å²) in [6.07, 6.45) is 0.402. The van der Waals surface area contributed by atoms with E-state index in [4.69, 9.17) is 18.9 Å². The highest BCUT2D eigenvalue weighted by atomic mass is 16.6. The molecule has 1 unspecified atom stereocenters. The van der Waals surface area contributed by atoms with Crippen LogP contribution in [0.15, 0.2) is 0 Å². The molecule has 0 amide bonds. The molecule has 0 bridgehead atoms. The average Bonchev–Trinajstić information content (AvgIpc) is 2.55. The largest absolute Gasteiger partial charge is 0.461 e. The maximum Gasteiger partial charge on any atom is 0.306 e. The van der Waals surface area contributed by atoms with Gasteiger partial charge in [0.25, 0.3) is 0 Å². The summed E-state index contributed by atoms with van der Waals surface area (Å²) in [5, 5.41) is 0. The molecule has 0 heterocycles. The van der Waals surface area contributed by atoms with E-state index in [1.54, 1.807) is 41.5 Å². The zero-order chi connectivity index (χ0) is 25.9. The van der Waals surface area contributed by atoms with E-state index in [2.05, 4.69) is 0 Å². The second-order valence-corrected chi connectivity index (χ2v) is 11.1. The second-order valence-electron chi connectivity index (χ2n) is 11.1. The van der Waals surface area contributed by atoms with Crippen LogP contribution in [-0.4, -0.2) is 80.0 Å². The average molecular weight is 475 g/mol. The molecular formula is C24H44NO8+. The van der Waals surface area contributed by atoms with Crippen LogP contribution in [0.1, 0.15) is 80.1 Å². The van der Waals surface area contributed by atoms with Gasteiger partial charge in [-0.25, -0.2) is 0 Å². The number of hydrogen-bond acceptors (Lipinski definition) is 8. The summed E-state index contributed by atoms with van der Waals surface area (Å²) in [4.78, 5) is 47.8. The Balaban J connectivity index is 4.47. The highest BCUT2D eigenvalue weighted by Gasteiger charge is 2.24. The molecule has 0 aromatic rings. The number of ether oxygens (including phenoxy) is 4. The summed E-state index contributed by atoms with van der Waals surface area (Å²) in [6.45, 7) is 11.1. The van der Waals surface area contributed by atoms with E-state index in [1.807, 2.05) is 21.1 Å². The van der Waals surface area contributed by atoms with E-state index in [1.165, 1.54) is 0 Å². The first kappa shape index (κ1) is 30.8. The molecule has 33 heavy (non-hydrogen) atoms. The summed E-state index contributed by atoms with van der Waals surface area (Å²) < 4.78 is 21.7. The van der Waals surface area contributed by atoms with Gasteiger partial charge in [0, 0.05) is 25.7 Å². The van der Waals surface area contributed by atoms with Crippen LogP contribution in [0.2, 0.25) is 0 Å². The standard InChI is InChI=1S/C24H44NO8/c1-23(2,3)32-21(28)14-10-12-19(26)30-17-18(16-25(7,8)9)31-20(27)13-11-15-22(29)33-24(4,5)6/h18H,10-17H2,1-9H3/q+1. The fourth-order valence-corrected chi connectivity index (χ4v) is 2.78. The van der Waals surface area contributed by atoms with Gasteiger partial charge in [-0.2, -0.15) is 0 Å². The maximum absolute atomic E-state index is 12.2. The Morgan fingerprint density at radius 3 is 1.45 bits per heavy atom. The number of nitrogens with zero attached hydrogens (tertiary/aromatic N) is 1. The highest BCUT2D eigenvalue weighted by molar-refractivity contribution is 5.73. The Kier molecular flexibility index (Phi) is 12.6. The quantitative estimate of drug-likeness (QED) is 0.228. The van der Waals surface area contributed by atoms with Gasteiger partial charge < -0.3 is 23.4 Å². The molecule has 0 aliphatic heterocycles. The van der Waals surface area contributed by atoms with Crippen molar-refractivity contribution in [3.8, 4) is 0 Å². The van der Waals surface area contributed by atoms with Gasteiger partial charge in [-0.15, -0.1) is 0 Å². The van der Waals surface area contributed by atoms with E-state index in [0.717, 1.165) is 0 Å². The van der Waals surface area contributed by atoms with Crippen LogP contribution in [0.3, 0.4) is 0 Å². The Hall–Kier alpha value is -2.16. The minimum atomic E-state index is -0.617. The first-order valence-electron chi connectivity index (χ1n) is 11.5. The fourth-order valence-electron chi connectivity index (χ4n) is 2.78. The van der Waals surface area contributed by atoms with Crippen molar-refractivity contribution < 1.29 is 42.6 Å². The molecule has 0 spiro atoms. The van der Waals surface area contributed by atoms with Crippen molar-refractivity contribution in [1.29, 1.82) is 0 Å². The van der Waals surface area contributed by atoms with Gasteiger partial charge in [-0.05, 0) is 54.4 Å². The number of carbonyl (C=O) groups excluding carboxylic acids is 4. The van der Waals surface area contributed by atoms with Gasteiger partial charge in [0.15, 0.2) is 6.10 Å². The number of quaternary nitrogens is 1. The summed E-state index contributed by atoms with van der Waals surface area (Å²) in [5.74, 6) is -1.65. The topological polar surface area (TPSA) is 105 Å². The van der Waals surface area contributed by atoms with E-state index >= 15 is 0 Å². The van der Waals surface area contributed by atoms with Crippen LogP contribution in [-0.2, 0) is 38.1 Å². The van der Waals surface area contributed by atoms with Gasteiger partial charge in [0.05, 0.1) is 21.1 Å². The smallest absolute Gasteiger partial charge is 0.306 e. The third kappa shape index (κ3) is 20.2. The first-order chi connectivity index (χ1) is 14.9. The van der Waals surface area contributed by atoms with Gasteiger partial charge >= 0.3 is 23.9 Å². The normalized spacial score (nSPS) is 13.1. The lowest BCUT2D eigenvalue weighted by atomic mass is 10.2. The van der Waals surface area contributed by atoms with Crippen molar-refractivity contribution in [2.24, 2.45) is 0 Å². The van der Waals surface area contributed by atoms with E-state index in [9.17, 15) is 19.2 Å². The summed E-state index contributed by atoms with van der Waals surface area (Å²) in [7, 11) is 5.81. The maximum atomic E-state index is 12.2. The lowest BCUT2D eigenvalue weighted by molar-refractivity contribution is -0.873. The minimum absolute atomic E-state index is 0.0662. The van der Waals surface area contributed by atoms with Crippen molar-refractivity contribution in [3.63, 3.8) is 0 Å². The van der Waals surface area contributed by atoms with Crippen LogP contribution < -0.4 is 0 Å². The fraction of sp³-hybridized carbons (Fsp3) is 0.833. The van der Waals surface area contributed by atoms with E-state index in [0.29, 0.717) is 23.9 Å². The molecule has 9 heteroatoms. The molecule has 0 fully saturated rings. The van der Waals surface area contributed by atoms with Gasteiger partial charge in [-0.3, -0.25) is 19.2 Å². The van der Waals surface area contributed by atoms with Crippen LogP contribution in [0.5, 0.6) is 0 Å². The third-order valence-electron chi connectivity index (χ3n) is 3.84. The number of hydrogen-bond donors (Lipinski definition) is 0. The van der Waals surface area contributed by atoms with E-state index in [-0.39, 0.29) is 44.2 Å². The van der Waals surface area contributed by atoms with Crippen LogP contribution in [0.25, 0.3) is 0 Å². The highest BCUT2D eigenvalue weighted by Crippen LogP contribution is 2.12. The lowest BCUT2D eigenvalue weighted by Gasteiger charge is -2.28.